The molecule has 3 aliphatic rings. The lowest BCUT2D eigenvalue weighted by Gasteiger charge is -2.42. The number of aromatic nitrogens is 8. The second-order valence-corrected chi connectivity index (χ2v) is 13.7. The highest BCUT2D eigenvalue weighted by Crippen LogP contribution is 2.36. The third-order valence-electron chi connectivity index (χ3n) is 9.67. The standard InChI is InChI=1S/C35H45N11O4/c1-23-16-44(17-24(2)49-23)30-6-8-31(9-7-30)46-19-32(34(41-46)48-11-10-26-20-47-21-26)40-35-37-14-29(15-38-35)27-4-5-28(13-36)33(12-27)50-25(3)18-45-22-39-42-43-45/h4-5,12,14-15,19,22-26,30-31H,6-11,16-18,20-21H2,1-3H3,(H,37,38,40)/t23-,24-,25+,30?,31?/m1/s1. The van der Waals surface area contributed by atoms with Crippen molar-refractivity contribution in [2.75, 3.05) is 38.2 Å². The van der Waals surface area contributed by atoms with E-state index < -0.39 is 0 Å². The Bertz CT molecular complexity index is 1720. The molecule has 5 heterocycles. The van der Waals surface area contributed by atoms with Crippen LogP contribution in [0.5, 0.6) is 11.6 Å². The zero-order chi connectivity index (χ0) is 34.5. The number of anilines is 2. The largest absolute Gasteiger partial charge is 0.487 e. The number of hydrogen-bond acceptors (Lipinski definition) is 13. The first-order valence-corrected chi connectivity index (χ1v) is 17.6. The molecule has 0 bridgehead atoms. The van der Waals surface area contributed by atoms with Gasteiger partial charge in [-0.05, 0) is 81.0 Å². The summed E-state index contributed by atoms with van der Waals surface area (Å²) in [6.07, 6.45) is 12.7. The second-order valence-electron chi connectivity index (χ2n) is 13.7. The van der Waals surface area contributed by atoms with E-state index >= 15 is 0 Å². The Balaban J connectivity index is 1.02. The maximum absolute atomic E-state index is 9.68. The highest BCUT2D eigenvalue weighted by Gasteiger charge is 2.32. The van der Waals surface area contributed by atoms with Gasteiger partial charge < -0.3 is 24.3 Å². The Hall–Kier alpha value is -4.65. The molecule has 50 heavy (non-hydrogen) atoms. The highest BCUT2D eigenvalue weighted by atomic mass is 16.5. The van der Waals surface area contributed by atoms with Gasteiger partial charge in [-0.3, -0.25) is 9.58 Å². The molecule has 1 aliphatic carbocycles. The third-order valence-corrected chi connectivity index (χ3v) is 9.67. The molecule has 0 unspecified atom stereocenters. The first kappa shape index (κ1) is 33.8. The van der Waals surface area contributed by atoms with E-state index in [0.717, 1.165) is 75.2 Å². The molecule has 1 aromatic carbocycles. The third kappa shape index (κ3) is 8.20. The lowest BCUT2D eigenvalue weighted by Crippen LogP contribution is -2.51. The van der Waals surface area contributed by atoms with Crippen LogP contribution in [0.4, 0.5) is 11.6 Å². The average Bonchev–Trinajstić information content (AvgIpc) is 3.76. The van der Waals surface area contributed by atoms with Crippen molar-refractivity contribution >= 4 is 11.6 Å². The van der Waals surface area contributed by atoms with Gasteiger partial charge in [0.1, 0.15) is 29.9 Å². The van der Waals surface area contributed by atoms with Gasteiger partial charge in [0.05, 0.1) is 56.4 Å². The van der Waals surface area contributed by atoms with Gasteiger partial charge >= 0.3 is 0 Å². The first-order valence-electron chi connectivity index (χ1n) is 17.6. The molecule has 0 radical (unpaired) electrons. The van der Waals surface area contributed by atoms with E-state index in [4.69, 9.17) is 24.0 Å². The van der Waals surface area contributed by atoms with E-state index in [1.165, 1.54) is 6.33 Å². The van der Waals surface area contributed by atoms with Crippen LogP contribution in [0.3, 0.4) is 0 Å². The Morgan fingerprint density at radius 3 is 2.48 bits per heavy atom. The molecule has 264 valence electrons. The van der Waals surface area contributed by atoms with Crippen molar-refractivity contribution in [2.45, 2.75) is 89.8 Å². The van der Waals surface area contributed by atoms with Gasteiger partial charge in [0.2, 0.25) is 5.95 Å². The fourth-order valence-corrected chi connectivity index (χ4v) is 7.07. The number of hydrogen-bond donors (Lipinski definition) is 1. The summed E-state index contributed by atoms with van der Waals surface area (Å²) in [5.74, 6) is 2.00. The normalized spacial score (nSPS) is 23.5. The summed E-state index contributed by atoms with van der Waals surface area (Å²) >= 11 is 0. The summed E-state index contributed by atoms with van der Waals surface area (Å²) in [5.41, 5.74) is 2.79. The summed E-state index contributed by atoms with van der Waals surface area (Å²) in [7, 11) is 0. The van der Waals surface area contributed by atoms with Gasteiger partial charge in [-0.25, -0.2) is 14.6 Å². The van der Waals surface area contributed by atoms with Gasteiger partial charge in [-0.1, -0.05) is 6.07 Å². The Morgan fingerprint density at radius 2 is 1.80 bits per heavy atom. The number of nitrogens with one attached hydrogen (secondary N) is 1. The molecule has 1 N–H and O–H groups in total. The number of nitriles is 1. The average molecular weight is 684 g/mol. The fourth-order valence-electron chi connectivity index (χ4n) is 7.07. The van der Waals surface area contributed by atoms with Crippen LogP contribution < -0.4 is 14.8 Å². The molecule has 7 rings (SSSR count). The summed E-state index contributed by atoms with van der Waals surface area (Å²) < 4.78 is 27.3. The summed E-state index contributed by atoms with van der Waals surface area (Å²) in [6.45, 7) is 10.8. The van der Waals surface area contributed by atoms with Crippen molar-refractivity contribution in [3.05, 3.63) is 48.7 Å². The number of tetrazole rings is 1. The molecule has 3 aromatic heterocycles. The molecular weight excluding hydrogens is 638 g/mol. The minimum absolute atomic E-state index is 0.268. The van der Waals surface area contributed by atoms with Crippen molar-refractivity contribution in [3.63, 3.8) is 0 Å². The van der Waals surface area contributed by atoms with Crippen LogP contribution in [0.2, 0.25) is 0 Å². The predicted molar refractivity (Wildman–Crippen MR) is 183 cm³/mol. The fraction of sp³-hybridized carbons (Fsp3) is 0.571. The summed E-state index contributed by atoms with van der Waals surface area (Å²) in [4.78, 5) is 11.9. The summed E-state index contributed by atoms with van der Waals surface area (Å²) in [6, 6.07) is 8.52. The number of morpholine rings is 1. The zero-order valence-corrected chi connectivity index (χ0v) is 28.9. The lowest BCUT2D eigenvalue weighted by molar-refractivity contribution is -0.0852. The van der Waals surface area contributed by atoms with E-state index in [0.29, 0.717) is 54.3 Å². The van der Waals surface area contributed by atoms with Gasteiger partial charge in [0.25, 0.3) is 5.88 Å². The minimum atomic E-state index is -0.268. The van der Waals surface area contributed by atoms with Crippen molar-refractivity contribution < 1.29 is 18.9 Å². The van der Waals surface area contributed by atoms with E-state index in [-0.39, 0.29) is 18.3 Å². The molecule has 0 amide bonds. The smallest absolute Gasteiger partial charge is 0.256 e. The van der Waals surface area contributed by atoms with Crippen LogP contribution in [0.25, 0.3) is 11.1 Å². The van der Waals surface area contributed by atoms with Crippen LogP contribution in [-0.2, 0) is 16.0 Å². The SMILES string of the molecule is C[C@@H]1CN(C2CCC(n3cc(Nc4ncc(-c5ccc(C#N)c(O[C@@H](C)Cn6cnnn6)c5)cn4)c(OCCC4COC4)n3)CC2)C[C@@H](C)O1. The molecule has 1 saturated carbocycles. The number of ether oxygens (including phenoxy) is 4. The Morgan fingerprint density at radius 1 is 1.04 bits per heavy atom. The maximum atomic E-state index is 9.68. The second kappa shape index (κ2) is 15.5. The van der Waals surface area contributed by atoms with Crippen LogP contribution in [0, 0.1) is 17.2 Å². The molecule has 0 spiro atoms. The highest BCUT2D eigenvalue weighted by molar-refractivity contribution is 5.67. The quantitative estimate of drug-likeness (QED) is 0.211. The van der Waals surface area contributed by atoms with E-state index in [1.54, 1.807) is 23.1 Å². The monoisotopic (exact) mass is 683 g/mol. The predicted octanol–water partition coefficient (Wildman–Crippen LogP) is 4.42. The van der Waals surface area contributed by atoms with Crippen molar-refractivity contribution in [2.24, 2.45) is 5.92 Å². The number of benzene rings is 1. The molecule has 2 aliphatic heterocycles. The molecule has 4 aromatic rings. The number of rotatable bonds is 13. The summed E-state index contributed by atoms with van der Waals surface area (Å²) in [5, 5.41) is 29.2. The van der Waals surface area contributed by atoms with E-state index in [1.807, 2.05) is 25.3 Å². The van der Waals surface area contributed by atoms with Gasteiger partial charge in [0.15, 0.2) is 0 Å². The van der Waals surface area contributed by atoms with Crippen molar-refractivity contribution in [1.29, 1.82) is 5.26 Å². The van der Waals surface area contributed by atoms with Gasteiger partial charge in [-0.15, -0.1) is 10.2 Å². The molecular formula is C35H45N11O4. The van der Waals surface area contributed by atoms with Gasteiger partial charge in [-0.2, -0.15) is 5.26 Å². The zero-order valence-electron chi connectivity index (χ0n) is 28.9. The maximum Gasteiger partial charge on any atom is 0.256 e. The van der Waals surface area contributed by atoms with E-state index in [2.05, 4.69) is 60.3 Å². The van der Waals surface area contributed by atoms with E-state index in [9.17, 15) is 5.26 Å². The Kier molecular flexibility index (Phi) is 10.5. The molecule has 15 heteroatoms. The number of nitrogens with zero attached hydrogens (tertiary/aromatic N) is 10. The molecule has 2 saturated heterocycles. The van der Waals surface area contributed by atoms with Gasteiger partial charge in [0, 0.05) is 43.0 Å². The topological polar surface area (TPSA) is 163 Å². The first-order chi connectivity index (χ1) is 24.4. The molecule has 3 fully saturated rings. The Labute approximate surface area is 291 Å². The lowest BCUT2D eigenvalue weighted by atomic mass is 9.89. The van der Waals surface area contributed by atoms with Crippen LogP contribution in [0.1, 0.15) is 64.5 Å². The molecule has 3 atom stereocenters. The van der Waals surface area contributed by atoms with Crippen LogP contribution in [-0.4, -0.2) is 102 Å². The van der Waals surface area contributed by atoms with Crippen molar-refractivity contribution in [3.8, 4) is 28.8 Å². The molecule has 15 nitrogen and oxygen atoms in total. The van der Waals surface area contributed by atoms with Crippen LogP contribution in [0.15, 0.2) is 43.1 Å². The van der Waals surface area contributed by atoms with Crippen LogP contribution >= 0.6 is 0 Å². The minimum Gasteiger partial charge on any atom is -0.487 e. The van der Waals surface area contributed by atoms with Crippen molar-refractivity contribution in [1.82, 2.24) is 44.9 Å².